The van der Waals surface area contributed by atoms with Crippen molar-refractivity contribution in [2.45, 2.75) is 6.92 Å². The maximum atomic E-state index is 13.2. The van der Waals surface area contributed by atoms with Crippen molar-refractivity contribution in [2.24, 2.45) is 0 Å². The summed E-state index contributed by atoms with van der Waals surface area (Å²) in [4.78, 5) is 38.2. The van der Waals surface area contributed by atoms with Crippen molar-refractivity contribution in [3.05, 3.63) is 100 Å². The summed E-state index contributed by atoms with van der Waals surface area (Å²) in [6.07, 6.45) is 1.54. The summed E-state index contributed by atoms with van der Waals surface area (Å²) in [6.45, 7) is 2.02. The van der Waals surface area contributed by atoms with Gasteiger partial charge in [-0.25, -0.2) is 4.79 Å². The van der Waals surface area contributed by atoms with Crippen molar-refractivity contribution >= 4 is 28.3 Å². The lowest BCUT2D eigenvalue weighted by molar-refractivity contribution is 0.0526. The number of rotatable bonds is 6. The van der Waals surface area contributed by atoms with Crippen molar-refractivity contribution in [1.82, 2.24) is 4.57 Å². The van der Waals surface area contributed by atoms with Crippen LogP contribution in [0.15, 0.2) is 83.8 Å². The van der Waals surface area contributed by atoms with Crippen LogP contribution in [0.1, 0.15) is 27.6 Å². The predicted octanol–water partition coefficient (Wildman–Crippen LogP) is 4.43. The van der Waals surface area contributed by atoms with Gasteiger partial charge in [-0.2, -0.15) is 0 Å². The van der Waals surface area contributed by atoms with E-state index in [-0.39, 0.29) is 18.1 Å². The molecule has 1 N–H and O–H groups in total. The number of hydrogen-bond acceptors (Lipinski definition) is 5. The Morgan fingerprint density at radius 3 is 2.21 bits per heavy atom. The first-order valence-electron chi connectivity index (χ1n) is 10.4. The van der Waals surface area contributed by atoms with Gasteiger partial charge in [0.05, 0.1) is 24.8 Å². The second kappa shape index (κ2) is 9.40. The Kier molecular flexibility index (Phi) is 6.22. The molecule has 7 nitrogen and oxygen atoms in total. The second-order valence-corrected chi connectivity index (χ2v) is 7.21. The van der Waals surface area contributed by atoms with Gasteiger partial charge in [0.2, 0.25) is 0 Å². The molecule has 0 unspecified atom stereocenters. The van der Waals surface area contributed by atoms with Gasteiger partial charge in [-0.3, -0.25) is 14.2 Å². The molecule has 0 aliphatic rings. The molecule has 7 heteroatoms. The van der Waals surface area contributed by atoms with E-state index in [2.05, 4.69) is 5.32 Å². The van der Waals surface area contributed by atoms with E-state index in [1.807, 2.05) is 0 Å². The molecule has 4 rings (SSSR count). The SMILES string of the molecule is CCOC(=O)c1ccc(NC(=O)c2cn(-c3ccc(OC)cc3)c(=O)c3ccccc23)cc1. The van der Waals surface area contributed by atoms with E-state index in [9.17, 15) is 14.4 Å². The molecule has 0 aliphatic heterocycles. The van der Waals surface area contributed by atoms with Gasteiger partial charge in [0, 0.05) is 28.3 Å². The number of esters is 1. The number of aromatic nitrogens is 1. The molecule has 0 bridgehead atoms. The molecule has 0 saturated heterocycles. The first kappa shape index (κ1) is 21.8. The van der Waals surface area contributed by atoms with Crippen LogP contribution in [0.5, 0.6) is 5.75 Å². The van der Waals surface area contributed by atoms with Gasteiger partial charge in [0.15, 0.2) is 0 Å². The fourth-order valence-corrected chi connectivity index (χ4v) is 3.51. The third kappa shape index (κ3) is 4.48. The van der Waals surface area contributed by atoms with Gasteiger partial charge in [-0.05, 0) is 61.5 Å². The molecule has 3 aromatic carbocycles. The second-order valence-electron chi connectivity index (χ2n) is 7.21. The Bertz CT molecular complexity index is 1370. The Hall–Kier alpha value is -4.39. The van der Waals surface area contributed by atoms with Crippen LogP contribution in [0.4, 0.5) is 5.69 Å². The maximum absolute atomic E-state index is 13.2. The molecule has 1 aromatic heterocycles. The Balaban J connectivity index is 1.72. The van der Waals surface area contributed by atoms with Crippen LogP contribution in [0.3, 0.4) is 0 Å². The molecule has 0 spiro atoms. The number of fused-ring (bicyclic) bond motifs is 1. The number of pyridine rings is 1. The molecule has 33 heavy (non-hydrogen) atoms. The number of carbonyl (C=O) groups is 2. The van der Waals surface area contributed by atoms with Crippen molar-refractivity contribution in [2.75, 3.05) is 19.0 Å². The minimum Gasteiger partial charge on any atom is -0.497 e. The maximum Gasteiger partial charge on any atom is 0.338 e. The van der Waals surface area contributed by atoms with E-state index in [1.54, 1.807) is 86.8 Å². The summed E-state index contributed by atoms with van der Waals surface area (Å²) in [6, 6.07) is 20.4. The highest BCUT2D eigenvalue weighted by Gasteiger charge is 2.16. The third-order valence-electron chi connectivity index (χ3n) is 5.17. The Morgan fingerprint density at radius 2 is 1.58 bits per heavy atom. The van der Waals surface area contributed by atoms with Crippen LogP contribution in [0, 0.1) is 0 Å². The van der Waals surface area contributed by atoms with Crippen LogP contribution in [0.25, 0.3) is 16.5 Å². The fraction of sp³-hybridized carbons (Fsp3) is 0.115. The Morgan fingerprint density at radius 1 is 0.909 bits per heavy atom. The summed E-state index contributed by atoms with van der Waals surface area (Å²) in [5.74, 6) is -0.137. The van der Waals surface area contributed by atoms with Gasteiger partial charge >= 0.3 is 5.97 Å². The van der Waals surface area contributed by atoms with Gasteiger partial charge in [0.25, 0.3) is 11.5 Å². The number of benzene rings is 3. The summed E-state index contributed by atoms with van der Waals surface area (Å²) >= 11 is 0. The average Bonchev–Trinajstić information content (AvgIpc) is 2.85. The zero-order chi connectivity index (χ0) is 23.4. The van der Waals surface area contributed by atoms with Crippen molar-refractivity contribution in [1.29, 1.82) is 0 Å². The first-order valence-corrected chi connectivity index (χ1v) is 10.4. The molecule has 0 aliphatic carbocycles. The molecule has 1 heterocycles. The Labute approximate surface area is 190 Å². The van der Waals surface area contributed by atoms with Crippen LogP contribution in [0.2, 0.25) is 0 Å². The van der Waals surface area contributed by atoms with E-state index < -0.39 is 5.97 Å². The fourth-order valence-electron chi connectivity index (χ4n) is 3.51. The molecular formula is C26H22N2O5. The number of nitrogens with zero attached hydrogens (tertiary/aromatic N) is 1. The normalized spacial score (nSPS) is 10.6. The summed E-state index contributed by atoms with van der Waals surface area (Å²) in [7, 11) is 1.57. The van der Waals surface area contributed by atoms with Gasteiger partial charge in [-0.15, -0.1) is 0 Å². The number of anilines is 1. The van der Waals surface area contributed by atoms with Crippen LogP contribution in [-0.2, 0) is 4.74 Å². The lowest BCUT2D eigenvalue weighted by Gasteiger charge is -2.13. The summed E-state index contributed by atoms with van der Waals surface area (Å²) in [5.41, 5.74) is 1.63. The third-order valence-corrected chi connectivity index (χ3v) is 5.17. The van der Waals surface area contributed by atoms with E-state index in [0.29, 0.717) is 39.0 Å². The van der Waals surface area contributed by atoms with Crippen LogP contribution in [-0.4, -0.2) is 30.2 Å². The number of carbonyl (C=O) groups excluding carboxylic acids is 2. The molecular weight excluding hydrogens is 420 g/mol. The van der Waals surface area contributed by atoms with Crippen molar-refractivity contribution in [3.8, 4) is 11.4 Å². The highest BCUT2D eigenvalue weighted by atomic mass is 16.5. The lowest BCUT2D eigenvalue weighted by Crippen LogP contribution is -2.22. The van der Waals surface area contributed by atoms with E-state index >= 15 is 0 Å². The molecule has 0 radical (unpaired) electrons. The number of methoxy groups -OCH3 is 1. The van der Waals surface area contributed by atoms with Crippen molar-refractivity contribution in [3.63, 3.8) is 0 Å². The highest BCUT2D eigenvalue weighted by molar-refractivity contribution is 6.12. The molecule has 0 fully saturated rings. The molecule has 0 atom stereocenters. The van der Waals surface area contributed by atoms with E-state index in [1.165, 1.54) is 10.8 Å². The summed E-state index contributed by atoms with van der Waals surface area (Å²) in [5, 5.41) is 3.82. The van der Waals surface area contributed by atoms with E-state index in [0.717, 1.165) is 0 Å². The molecule has 1 amide bonds. The number of amides is 1. The van der Waals surface area contributed by atoms with Crippen LogP contribution >= 0.6 is 0 Å². The molecule has 0 saturated carbocycles. The monoisotopic (exact) mass is 442 g/mol. The summed E-state index contributed by atoms with van der Waals surface area (Å²) < 4.78 is 11.6. The standard InChI is InChI=1S/C26H22N2O5/c1-3-33-26(31)17-8-10-18(11-9-17)27-24(29)23-16-28(19-12-14-20(32-2)15-13-19)25(30)22-7-5-4-6-21(22)23/h4-16H,3H2,1-2H3,(H,27,29). The van der Waals surface area contributed by atoms with E-state index in [4.69, 9.17) is 9.47 Å². The zero-order valence-corrected chi connectivity index (χ0v) is 18.2. The zero-order valence-electron chi connectivity index (χ0n) is 18.2. The van der Waals surface area contributed by atoms with Gasteiger partial charge in [-0.1, -0.05) is 18.2 Å². The van der Waals surface area contributed by atoms with Gasteiger partial charge in [0.1, 0.15) is 5.75 Å². The number of ether oxygens (including phenoxy) is 2. The quantitative estimate of drug-likeness (QED) is 0.447. The lowest BCUT2D eigenvalue weighted by atomic mass is 10.1. The highest BCUT2D eigenvalue weighted by Crippen LogP contribution is 2.21. The largest absolute Gasteiger partial charge is 0.497 e. The average molecular weight is 442 g/mol. The topological polar surface area (TPSA) is 86.6 Å². The number of nitrogens with one attached hydrogen (secondary N) is 1. The first-order chi connectivity index (χ1) is 16.0. The minimum atomic E-state index is -0.423. The van der Waals surface area contributed by atoms with Gasteiger partial charge < -0.3 is 14.8 Å². The number of hydrogen-bond donors (Lipinski definition) is 1. The molecule has 166 valence electrons. The predicted molar refractivity (Wildman–Crippen MR) is 126 cm³/mol. The van der Waals surface area contributed by atoms with Crippen molar-refractivity contribution < 1.29 is 19.1 Å². The minimum absolute atomic E-state index is 0.230. The molecule has 4 aromatic rings. The van der Waals surface area contributed by atoms with Crippen LogP contribution < -0.4 is 15.6 Å². The smallest absolute Gasteiger partial charge is 0.338 e.